The number of nitrogens with zero attached hydrogens (tertiary/aromatic N) is 2. The molecule has 1 atom stereocenters. The summed E-state index contributed by atoms with van der Waals surface area (Å²) in [5, 5.41) is 8.85. The SMILES string of the molecule is CCNC(=NCc1ccc(C)cc1OC(C)CC)NCCN1C(=O)CNC1=O. The molecule has 0 saturated carbocycles. The van der Waals surface area contributed by atoms with E-state index in [1.807, 2.05) is 32.0 Å². The normalized spacial score (nSPS) is 15.4. The van der Waals surface area contributed by atoms with Gasteiger partial charge in [-0.15, -0.1) is 0 Å². The molecule has 0 bridgehead atoms. The Morgan fingerprint density at radius 1 is 1.32 bits per heavy atom. The number of hydrogen-bond acceptors (Lipinski definition) is 4. The minimum atomic E-state index is -0.347. The molecule has 0 aliphatic carbocycles. The molecule has 1 unspecified atom stereocenters. The van der Waals surface area contributed by atoms with Gasteiger partial charge in [-0.1, -0.05) is 19.1 Å². The highest BCUT2D eigenvalue weighted by Crippen LogP contribution is 2.23. The number of nitrogens with one attached hydrogen (secondary N) is 3. The molecule has 1 aliphatic heterocycles. The van der Waals surface area contributed by atoms with E-state index in [9.17, 15) is 9.59 Å². The number of ether oxygens (including phenoxy) is 1. The second kappa shape index (κ2) is 10.5. The van der Waals surface area contributed by atoms with Crippen molar-refractivity contribution >= 4 is 17.9 Å². The number of amides is 3. The molecule has 1 aromatic rings. The van der Waals surface area contributed by atoms with Crippen LogP contribution in [0.5, 0.6) is 5.75 Å². The maximum absolute atomic E-state index is 11.6. The Balaban J connectivity index is 1.99. The van der Waals surface area contributed by atoms with E-state index >= 15 is 0 Å². The van der Waals surface area contributed by atoms with Crippen LogP contribution >= 0.6 is 0 Å². The van der Waals surface area contributed by atoms with Gasteiger partial charge in [-0.2, -0.15) is 0 Å². The molecule has 1 saturated heterocycles. The van der Waals surface area contributed by atoms with Gasteiger partial charge in [0.2, 0.25) is 5.91 Å². The summed E-state index contributed by atoms with van der Waals surface area (Å²) in [7, 11) is 0. The summed E-state index contributed by atoms with van der Waals surface area (Å²) in [6, 6.07) is 5.77. The van der Waals surface area contributed by atoms with Crippen LogP contribution in [0.4, 0.5) is 4.79 Å². The molecule has 154 valence electrons. The Kier molecular flexibility index (Phi) is 8.10. The van der Waals surface area contributed by atoms with Crippen molar-refractivity contribution in [3.8, 4) is 5.75 Å². The van der Waals surface area contributed by atoms with E-state index in [2.05, 4.69) is 34.8 Å². The number of hydrogen-bond donors (Lipinski definition) is 3. The molecular formula is C20H31N5O3. The van der Waals surface area contributed by atoms with Crippen LogP contribution in [0.1, 0.15) is 38.3 Å². The van der Waals surface area contributed by atoms with Crippen molar-refractivity contribution in [2.45, 2.75) is 46.8 Å². The molecule has 3 amide bonds. The van der Waals surface area contributed by atoms with Crippen LogP contribution in [0.3, 0.4) is 0 Å². The second-order valence-corrected chi connectivity index (χ2v) is 6.77. The van der Waals surface area contributed by atoms with Crippen molar-refractivity contribution in [1.82, 2.24) is 20.9 Å². The van der Waals surface area contributed by atoms with Crippen molar-refractivity contribution in [2.75, 3.05) is 26.2 Å². The van der Waals surface area contributed by atoms with E-state index in [0.717, 1.165) is 23.3 Å². The zero-order valence-electron chi connectivity index (χ0n) is 17.2. The molecule has 3 N–H and O–H groups in total. The first-order valence-corrected chi connectivity index (χ1v) is 9.81. The average molecular weight is 390 g/mol. The number of urea groups is 1. The van der Waals surface area contributed by atoms with Gasteiger partial charge in [0, 0.05) is 25.2 Å². The number of imide groups is 1. The zero-order chi connectivity index (χ0) is 20.5. The third kappa shape index (κ3) is 6.14. The van der Waals surface area contributed by atoms with Crippen LogP contribution in [0.25, 0.3) is 0 Å². The molecule has 8 heteroatoms. The first kappa shape index (κ1) is 21.5. The highest BCUT2D eigenvalue weighted by Gasteiger charge is 2.27. The van der Waals surface area contributed by atoms with Crippen LogP contribution < -0.4 is 20.7 Å². The van der Waals surface area contributed by atoms with Gasteiger partial charge in [0.25, 0.3) is 0 Å². The van der Waals surface area contributed by atoms with E-state index in [4.69, 9.17) is 4.74 Å². The van der Waals surface area contributed by atoms with Gasteiger partial charge < -0.3 is 20.7 Å². The summed E-state index contributed by atoms with van der Waals surface area (Å²) in [4.78, 5) is 29.0. The molecule has 0 spiro atoms. The lowest BCUT2D eigenvalue weighted by Crippen LogP contribution is -2.43. The molecule has 28 heavy (non-hydrogen) atoms. The van der Waals surface area contributed by atoms with Crippen molar-refractivity contribution in [1.29, 1.82) is 0 Å². The fourth-order valence-corrected chi connectivity index (χ4v) is 2.68. The second-order valence-electron chi connectivity index (χ2n) is 6.77. The van der Waals surface area contributed by atoms with Gasteiger partial charge in [-0.05, 0) is 38.8 Å². The monoisotopic (exact) mass is 389 g/mol. The summed E-state index contributed by atoms with van der Waals surface area (Å²) in [5.74, 6) is 1.28. The van der Waals surface area contributed by atoms with Crippen LogP contribution in [0, 0.1) is 6.92 Å². The molecular weight excluding hydrogens is 358 g/mol. The van der Waals surface area contributed by atoms with Crippen molar-refractivity contribution in [3.63, 3.8) is 0 Å². The average Bonchev–Trinajstić information content (AvgIpc) is 2.99. The summed E-state index contributed by atoms with van der Waals surface area (Å²) in [5.41, 5.74) is 2.15. The Morgan fingerprint density at radius 3 is 2.75 bits per heavy atom. The lowest BCUT2D eigenvalue weighted by atomic mass is 10.1. The largest absolute Gasteiger partial charge is 0.490 e. The van der Waals surface area contributed by atoms with Gasteiger partial charge in [-0.3, -0.25) is 9.69 Å². The minimum Gasteiger partial charge on any atom is -0.490 e. The third-order valence-corrected chi connectivity index (χ3v) is 4.44. The number of rotatable bonds is 9. The Bertz CT molecular complexity index is 704. The number of carbonyl (C=O) groups excluding carboxylic acids is 2. The number of aryl methyl sites for hydroxylation is 1. The smallest absolute Gasteiger partial charge is 0.324 e. The molecule has 2 rings (SSSR count). The molecule has 1 aromatic carbocycles. The van der Waals surface area contributed by atoms with Crippen LogP contribution in [0.2, 0.25) is 0 Å². The summed E-state index contributed by atoms with van der Waals surface area (Å²) >= 11 is 0. The van der Waals surface area contributed by atoms with Gasteiger partial charge in [0.05, 0.1) is 19.2 Å². The Labute approximate surface area is 166 Å². The van der Waals surface area contributed by atoms with E-state index < -0.39 is 0 Å². The summed E-state index contributed by atoms with van der Waals surface area (Å²) in [6.07, 6.45) is 1.07. The quantitative estimate of drug-likeness (QED) is 0.340. The number of aliphatic imine (C=N–C) groups is 1. The fourth-order valence-electron chi connectivity index (χ4n) is 2.68. The van der Waals surface area contributed by atoms with Crippen LogP contribution in [0.15, 0.2) is 23.2 Å². The van der Waals surface area contributed by atoms with Crippen molar-refractivity contribution < 1.29 is 14.3 Å². The summed E-state index contributed by atoms with van der Waals surface area (Å²) in [6.45, 7) is 10.1. The third-order valence-electron chi connectivity index (χ3n) is 4.44. The predicted octanol–water partition coefficient (Wildman–Crippen LogP) is 1.78. The van der Waals surface area contributed by atoms with Gasteiger partial charge in [0.15, 0.2) is 5.96 Å². The highest BCUT2D eigenvalue weighted by atomic mass is 16.5. The summed E-state index contributed by atoms with van der Waals surface area (Å²) < 4.78 is 6.04. The van der Waals surface area contributed by atoms with Gasteiger partial charge >= 0.3 is 6.03 Å². The van der Waals surface area contributed by atoms with Crippen LogP contribution in [-0.2, 0) is 11.3 Å². The van der Waals surface area contributed by atoms with Gasteiger partial charge in [0.1, 0.15) is 5.75 Å². The lowest BCUT2D eigenvalue weighted by molar-refractivity contribution is -0.124. The first-order valence-electron chi connectivity index (χ1n) is 9.81. The van der Waals surface area contributed by atoms with Crippen molar-refractivity contribution in [2.24, 2.45) is 4.99 Å². The lowest BCUT2D eigenvalue weighted by Gasteiger charge is -2.17. The zero-order valence-corrected chi connectivity index (χ0v) is 17.2. The van der Waals surface area contributed by atoms with E-state index in [0.29, 0.717) is 32.1 Å². The molecule has 0 aromatic heterocycles. The number of benzene rings is 1. The highest BCUT2D eigenvalue weighted by molar-refractivity contribution is 6.01. The maximum atomic E-state index is 11.6. The molecule has 8 nitrogen and oxygen atoms in total. The van der Waals surface area contributed by atoms with E-state index in [1.165, 1.54) is 4.90 Å². The first-order chi connectivity index (χ1) is 13.4. The van der Waals surface area contributed by atoms with Crippen LogP contribution in [-0.4, -0.2) is 55.1 Å². The minimum absolute atomic E-state index is 0.0688. The van der Waals surface area contributed by atoms with Crippen molar-refractivity contribution in [3.05, 3.63) is 29.3 Å². The maximum Gasteiger partial charge on any atom is 0.324 e. The number of guanidine groups is 1. The standard InChI is InChI=1S/C20H31N5O3/c1-5-15(4)28-17-11-14(3)7-8-16(17)12-23-19(21-6-2)22-9-10-25-18(26)13-24-20(25)27/h7-8,11,15H,5-6,9-10,12-13H2,1-4H3,(H,24,27)(H2,21,22,23). The molecule has 0 radical (unpaired) electrons. The fraction of sp³-hybridized carbons (Fsp3) is 0.550. The van der Waals surface area contributed by atoms with Gasteiger partial charge in [-0.25, -0.2) is 9.79 Å². The molecule has 1 fully saturated rings. The number of carbonyl (C=O) groups is 2. The van der Waals surface area contributed by atoms with E-state index in [-0.39, 0.29) is 24.6 Å². The molecule has 1 heterocycles. The topological polar surface area (TPSA) is 95.1 Å². The Morgan fingerprint density at radius 2 is 2.11 bits per heavy atom. The van der Waals surface area contributed by atoms with E-state index in [1.54, 1.807) is 0 Å². The Hall–Kier alpha value is -2.77. The molecule has 1 aliphatic rings. The predicted molar refractivity (Wildman–Crippen MR) is 109 cm³/mol.